The third-order valence-electron chi connectivity index (χ3n) is 5.87. The number of aromatic nitrogens is 1. The van der Waals surface area contributed by atoms with Crippen molar-refractivity contribution in [2.45, 2.75) is 38.1 Å². The minimum Gasteiger partial charge on any atom is -0.355 e. The number of rotatable bonds is 2. The summed E-state index contributed by atoms with van der Waals surface area (Å²) in [6.07, 6.45) is 8.89. The quantitative estimate of drug-likeness (QED) is 0.826. The van der Waals surface area contributed by atoms with Crippen LogP contribution in [0.25, 0.3) is 0 Å². The lowest BCUT2D eigenvalue weighted by Gasteiger charge is -2.56. The van der Waals surface area contributed by atoms with Gasteiger partial charge in [0.15, 0.2) is 0 Å². The van der Waals surface area contributed by atoms with Crippen LogP contribution in [-0.2, 0) is 0 Å². The van der Waals surface area contributed by atoms with Crippen molar-refractivity contribution in [2.75, 3.05) is 11.9 Å². The van der Waals surface area contributed by atoms with Crippen molar-refractivity contribution in [1.29, 1.82) is 5.26 Å². The van der Waals surface area contributed by atoms with Gasteiger partial charge in [-0.2, -0.15) is 5.26 Å². The monoisotopic (exact) mass is 267 g/mol. The Morgan fingerprint density at radius 2 is 1.80 bits per heavy atom. The van der Waals surface area contributed by atoms with Gasteiger partial charge in [0.2, 0.25) is 0 Å². The van der Waals surface area contributed by atoms with Gasteiger partial charge in [-0.05, 0) is 67.9 Å². The van der Waals surface area contributed by atoms with Crippen LogP contribution in [-0.4, -0.2) is 18.1 Å². The number of anilines is 1. The van der Waals surface area contributed by atoms with Crippen molar-refractivity contribution in [1.82, 2.24) is 4.98 Å². The predicted octanol–water partition coefficient (Wildman–Crippen LogP) is 3.21. The van der Waals surface area contributed by atoms with Crippen molar-refractivity contribution in [3.63, 3.8) is 0 Å². The number of pyridine rings is 1. The molecule has 0 aliphatic heterocycles. The standard InChI is InChI=1S/C17H21N3/c1-20(17-13(10-18)3-2-4-19-17)16-14-6-11-5-12(8-14)9-15(16)7-11/h2-4,11-12,14-16H,5-9H2,1H3. The summed E-state index contributed by atoms with van der Waals surface area (Å²) < 4.78 is 0. The van der Waals surface area contributed by atoms with Gasteiger partial charge < -0.3 is 4.90 Å². The second kappa shape index (κ2) is 4.48. The van der Waals surface area contributed by atoms with Gasteiger partial charge in [-0.15, -0.1) is 0 Å². The Bertz CT molecular complexity index is 532. The molecule has 4 aliphatic rings. The second-order valence-corrected chi connectivity index (χ2v) is 7.02. The van der Waals surface area contributed by atoms with Crippen molar-refractivity contribution in [2.24, 2.45) is 23.7 Å². The van der Waals surface area contributed by atoms with Gasteiger partial charge in [0, 0.05) is 19.3 Å². The van der Waals surface area contributed by atoms with Crippen LogP contribution in [0.1, 0.15) is 37.7 Å². The van der Waals surface area contributed by atoms with E-state index >= 15 is 0 Å². The molecular formula is C17H21N3. The molecule has 0 unspecified atom stereocenters. The molecule has 0 spiro atoms. The van der Waals surface area contributed by atoms with Crippen LogP contribution >= 0.6 is 0 Å². The van der Waals surface area contributed by atoms with Gasteiger partial charge in [-0.3, -0.25) is 0 Å². The number of hydrogen-bond donors (Lipinski definition) is 0. The highest BCUT2D eigenvalue weighted by Gasteiger charge is 2.49. The maximum Gasteiger partial charge on any atom is 0.146 e. The van der Waals surface area contributed by atoms with Crippen LogP contribution < -0.4 is 4.90 Å². The van der Waals surface area contributed by atoms with E-state index in [1.807, 2.05) is 18.3 Å². The van der Waals surface area contributed by atoms with Gasteiger partial charge in [-0.1, -0.05) is 0 Å². The molecule has 0 radical (unpaired) electrons. The molecule has 4 fully saturated rings. The summed E-state index contributed by atoms with van der Waals surface area (Å²) in [6, 6.07) is 6.63. The van der Waals surface area contributed by atoms with Gasteiger partial charge in [0.25, 0.3) is 0 Å². The first-order valence-electron chi connectivity index (χ1n) is 7.84. The molecule has 4 bridgehead atoms. The number of hydrogen-bond acceptors (Lipinski definition) is 3. The zero-order chi connectivity index (χ0) is 13.7. The average Bonchev–Trinajstić information content (AvgIpc) is 2.46. The summed E-state index contributed by atoms with van der Waals surface area (Å²) in [5.41, 5.74) is 0.712. The van der Waals surface area contributed by atoms with Gasteiger partial charge in [-0.25, -0.2) is 4.98 Å². The smallest absolute Gasteiger partial charge is 0.146 e. The largest absolute Gasteiger partial charge is 0.355 e. The third-order valence-corrected chi connectivity index (χ3v) is 5.87. The minimum atomic E-state index is 0.602. The van der Waals surface area contributed by atoms with E-state index < -0.39 is 0 Å². The molecule has 0 saturated heterocycles. The van der Waals surface area contributed by atoms with Crippen LogP contribution in [0.3, 0.4) is 0 Å². The summed E-state index contributed by atoms with van der Waals surface area (Å²) >= 11 is 0. The lowest BCUT2D eigenvalue weighted by atomic mass is 9.54. The minimum absolute atomic E-state index is 0.602. The molecule has 0 aromatic carbocycles. The van der Waals surface area contributed by atoms with E-state index in [4.69, 9.17) is 0 Å². The Morgan fingerprint density at radius 3 is 2.40 bits per heavy atom. The van der Waals surface area contributed by atoms with Gasteiger partial charge in [0.05, 0.1) is 5.56 Å². The van der Waals surface area contributed by atoms with E-state index in [1.165, 1.54) is 32.1 Å². The summed E-state index contributed by atoms with van der Waals surface area (Å²) in [5, 5.41) is 9.30. The molecule has 5 rings (SSSR count). The lowest BCUT2D eigenvalue weighted by molar-refractivity contribution is -0.00143. The Kier molecular flexibility index (Phi) is 2.73. The fourth-order valence-electron chi connectivity index (χ4n) is 5.44. The fraction of sp³-hybridized carbons (Fsp3) is 0.647. The van der Waals surface area contributed by atoms with Crippen LogP contribution in [0.5, 0.6) is 0 Å². The zero-order valence-electron chi connectivity index (χ0n) is 12.0. The maximum atomic E-state index is 9.30. The maximum absolute atomic E-state index is 9.30. The molecule has 20 heavy (non-hydrogen) atoms. The Morgan fingerprint density at radius 1 is 1.15 bits per heavy atom. The molecular weight excluding hydrogens is 246 g/mol. The van der Waals surface area contributed by atoms with Gasteiger partial charge in [0.1, 0.15) is 11.9 Å². The van der Waals surface area contributed by atoms with Crippen LogP contribution in [0.4, 0.5) is 5.82 Å². The molecule has 3 heteroatoms. The summed E-state index contributed by atoms with van der Waals surface area (Å²) in [5.74, 6) is 4.50. The van der Waals surface area contributed by atoms with E-state index in [-0.39, 0.29) is 0 Å². The number of nitrogens with zero attached hydrogens (tertiary/aromatic N) is 3. The fourth-order valence-corrected chi connectivity index (χ4v) is 5.44. The number of nitriles is 1. The molecule has 1 aromatic heterocycles. The van der Waals surface area contributed by atoms with E-state index in [2.05, 4.69) is 23.0 Å². The highest BCUT2D eigenvalue weighted by molar-refractivity contribution is 5.54. The van der Waals surface area contributed by atoms with E-state index in [9.17, 15) is 5.26 Å². The van der Waals surface area contributed by atoms with E-state index in [0.717, 1.165) is 29.5 Å². The molecule has 0 amide bonds. The molecule has 1 heterocycles. The highest BCUT2D eigenvalue weighted by Crippen LogP contribution is 2.55. The van der Waals surface area contributed by atoms with Crippen LogP contribution in [0, 0.1) is 35.0 Å². The average molecular weight is 267 g/mol. The topological polar surface area (TPSA) is 39.9 Å². The summed E-state index contributed by atoms with van der Waals surface area (Å²) in [4.78, 5) is 6.81. The SMILES string of the molecule is CN(c1ncccc1C#N)C1C2CC3CC(C2)CC1C3. The normalized spacial score (nSPS) is 37.7. The molecule has 0 atom stereocenters. The first kappa shape index (κ1) is 12.2. The van der Waals surface area contributed by atoms with Crippen LogP contribution in [0.2, 0.25) is 0 Å². The first-order chi connectivity index (χ1) is 9.76. The lowest BCUT2D eigenvalue weighted by Crippen LogP contribution is -2.55. The van der Waals surface area contributed by atoms with Crippen molar-refractivity contribution in [3.05, 3.63) is 23.9 Å². The molecule has 4 saturated carbocycles. The summed E-state index contributed by atoms with van der Waals surface area (Å²) in [6.45, 7) is 0. The molecule has 0 N–H and O–H groups in total. The van der Waals surface area contributed by atoms with Crippen molar-refractivity contribution < 1.29 is 0 Å². The Labute approximate surface area is 120 Å². The molecule has 3 nitrogen and oxygen atoms in total. The van der Waals surface area contributed by atoms with E-state index in [0.29, 0.717) is 11.6 Å². The highest BCUT2D eigenvalue weighted by atomic mass is 15.2. The predicted molar refractivity (Wildman–Crippen MR) is 78.2 cm³/mol. The zero-order valence-corrected chi connectivity index (χ0v) is 12.0. The second-order valence-electron chi connectivity index (χ2n) is 7.02. The Balaban J connectivity index is 1.66. The summed E-state index contributed by atoms with van der Waals surface area (Å²) in [7, 11) is 2.15. The van der Waals surface area contributed by atoms with Crippen molar-refractivity contribution >= 4 is 5.82 Å². The van der Waals surface area contributed by atoms with Crippen molar-refractivity contribution in [3.8, 4) is 6.07 Å². The molecule has 104 valence electrons. The third kappa shape index (κ3) is 1.74. The molecule has 4 aliphatic carbocycles. The van der Waals surface area contributed by atoms with Crippen LogP contribution in [0.15, 0.2) is 18.3 Å². The van der Waals surface area contributed by atoms with E-state index in [1.54, 1.807) is 0 Å². The first-order valence-corrected chi connectivity index (χ1v) is 7.84. The molecule has 1 aromatic rings. The Hall–Kier alpha value is -1.56. The van der Waals surface area contributed by atoms with Gasteiger partial charge >= 0.3 is 0 Å².